The van der Waals surface area contributed by atoms with Crippen molar-refractivity contribution >= 4 is 0 Å². The van der Waals surface area contributed by atoms with Gasteiger partial charge in [0.15, 0.2) is 0 Å². The fourth-order valence-electron chi connectivity index (χ4n) is 0.963. The molecule has 0 fully saturated rings. The Morgan fingerprint density at radius 1 is 1.38 bits per heavy atom. The van der Waals surface area contributed by atoms with Crippen LogP contribution in [0.2, 0.25) is 0 Å². The number of unbranched alkanes of at least 4 members (excludes halogenated alkanes) is 2. The molecule has 0 radical (unpaired) electrons. The van der Waals surface area contributed by atoms with Gasteiger partial charge in [-0.2, -0.15) is 0 Å². The average Bonchev–Trinajstić information content (AvgIpc) is 2.13. The Bertz CT molecular complexity index is 186. The van der Waals surface area contributed by atoms with Gasteiger partial charge in [0.05, 0.1) is 6.10 Å². The van der Waals surface area contributed by atoms with Gasteiger partial charge in [0, 0.05) is 0 Å². The molecule has 0 spiro atoms. The maximum atomic E-state index is 9.36. The highest BCUT2D eigenvalue weighted by Crippen LogP contribution is 2.03. The molecular formula is C11H18O2. The molecule has 0 aliphatic rings. The molecule has 2 heteroatoms. The number of aliphatic hydroxyl groups is 2. The van der Waals surface area contributed by atoms with Crippen molar-refractivity contribution in [3.8, 4) is 11.8 Å². The molecule has 0 aliphatic heterocycles. The van der Waals surface area contributed by atoms with Gasteiger partial charge in [-0.3, -0.25) is 0 Å². The van der Waals surface area contributed by atoms with Crippen LogP contribution in [-0.2, 0) is 0 Å². The van der Waals surface area contributed by atoms with E-state index in [0.717, 1.165) is 19.3 Å². The fourth-order valence-corrected chi connectivity index (χ4v) is 0.963. The summed E-state index contributed by atoms with van der Waals surface area (Å²) in [4.78, 5) is 0. The van der Waals surface area contributed by atoms with E-state index in [4.69, 9.17) is 5.11 Å². The molecule has 2 nitrogen and oxygen atoms in total. The second-order valence-electron chi connectivity index (χ2n) is 2.90. The van der Waals surface area contributed by atoms with Crippen LogP contribution in [0.15, 0.2) is 12.2 Å². The predicted molar refractivity (Wildman–Crippen MR) is 54.2 cm³/mol. The molecule has 13 heavy (non-hydrogen) atoms. The Labute approximate surface area is 80.3 Å². The number of rotatable bonds is 5. The van der Waals surface area contributed by atoms with Gasteiger partial charge in [-0.15, -0.1) is 0 Å². The Morgan fingerprint density at radius 3 is 2.77 bits per heavy atom. The summed E-state index contributed by atoms with van der Waals surface area (Å²) in [5, 5.41) is 17.7. The SMILES string of the molecule is CCCCCC(O)/C=C/C#CCO. The van der Waals surface area contributed by atoms with Crippen molar-refractivity contribution in [2.75, 3.05) is 6.61 Å². The molecule has 0 heterocycles. The normalized spacial score (nSPS) is 12.5. The first-order valence-electron chi connectivity index (χ1n) is 4.75. The third-order valence-electron chi connectivity index (χ3n) is 1.69. The van der Waals surface area contributed by atoms with E-state index in [1.807, 2.05) is 0 Å². The molecule has 74 valence electrons. The number of hydrogen-bond donors (Lipinski definition) is 2. The van der Waals surface area contributed by atoms with Crippen molar-refractivity contribution < 1.29 is 10.2 Å². The zero-order valence-corrected chi connectivity index (χ0v) is 8.16. The van der Waals surface area contributed by atoms with E-state index in [1.165, 1.54) is 6.42 Å². The van der Waals surface area contributed by atoms with Gasteiger partial charge in [-0.1, -0.05) is 38.0 Å². The molecule has 0 rings (SSSR count). The molecule has 0 saturated heterocycles. The minimum absolute atomic E-state index is 0.129. The maximum absolute atomic E-state index is 9.36. The zero-order chi connectivity index (χ0) is 9.94. The first kappa shape index (κ1) is 12.2. The molecule has 0 saturated carbocycles. The summed E-state index contributed by atoms with van der Waals surface area (Å²) < 4.78 is 0. The van der Waals surface area contributed by atoms with Crippen molar-refractivity contribution in [3.05, 3.63) is 12.2 Å². The predicted octanol–water partition coefficient (Wildman–Crippen LogP) is 1.48. The highest BCUT2D eigenvalue weighted by molar-refractivity contribution is 5.16. The monoisotopic (exact) mass is 182 g/mol. The van der Waals surface area contributed by atoms with E-state index in [0.29, 0.717) is 0 Å². The summed E-state index contributed by atoms with van der Waals surface area (Å²) in [5.41, 5.74) is 0. The van der Waals surface area contributed by atoms with E-state index < -0.39 is 0 Å². The maximum Gasteiger partial charge on any atom is 0.104 e. The zero-order valence-electron chi connectivity index (χ0n) is 8.16. The average molecular weight is 182 g/mol. The van der Waals surface area contributed by atoms with E-state index in [-0.39, 0.29) is 12.7 Å². The lowest BCUT2D eigenvalue weighted by Crippen LogP contribution is -2.00. The molecule has 0 aliphatic carbocycles. The smallest absolute Gasteiger partial charge is 0.104 e. The third kappa shape index (κ3) is 9.13. The first-order chi connectivity index (χ1) is 6.31. The highest BCUT2D eigenvalue weighted by Gasteiger charge is 1.96. The van der Waals surface area contributed by atoms with Crippen molar-refractivity contribution in [3.63, 3.8) is 0 Å². The van der Waals surface area contributed by atoms with Crippen LogP contribution < -0.4 is 0 Å². The molecule has 0 aromatic rings. The van der Waals surface area contributed by atoms with Crippen LogP contribution in [0.4, 0.5) is 0 Å². The lowest BCUT2D eigenvalue weighted by atomic mass is 10.1. The van der Waals surface area contributed by atoms with Gasteiger partial charge in [0.25, 0.3) is 0 Å². The third-order valence-corrected chi connectivity index (χ3v) is 1.69. The number of allylic oxidation sites excluding steroid dienone is 1. The van der Waals surface area contributed by atoms with Crippen LogP contribution in [0.3, 0.4) is 0 Å². The Morgan fingerprint density at radius 2 is 2.15 bits per heavy atom. The quantitative estimate of drug-likeness (QED) is 0.499. The summed E-state index contributed by atoms with van der Waals surface area (Å²) in [5.74, 6) is 5.09. The van der Waals surface area contributed by atoms with E-state index >= 15 is 0 Å². The van der Waals surface area contributed by atoms with E-state index in [1.54, 1.807) is 12.2 Å². The number of hydrogen-bond acceptors (Lipinski definition) is 2. The summed E-state index contributed by atoms with van der Waals surface area (Å²) in [6.45, 7) is 2.01. The molecule has 0 amide bonds. The molecule has 0 aromatic heterocycles. The van der Waals surface area contributed by atoms with Crippen LogP contribution in [-0.4, -0.2) is 22.9 Å². The van der Waals surface area contributed by atoms with Gasteiger partial charge < -0.3 is 10.2 Å². The summed E-state index contributed by atoms with van der Waals surface area (Å²) >= 11 is 0. The topological polar surface area (TPSA) is 40.5 Å². The van der Waals surface area contributed by atoms with Crippen molar-refractivity contribution in [1.82, 2.24) is 0 Å². The minimum atomic E-state index is -0.389. The van der Waals surface area contributed by atoms with Crippen molar-refractivity contribution in [1.29, 1.82) is 0 Å². The highest BCUT2D eigenvalue weighted by atomic mass is 16.3. The van der Waals surface area contributed by atoms with Crippen LogP contribution in [0, 0.1) is 11.8 Å². The second-order valence-corrected chi connectivity index (χ2v) is 2.90. The van der Waals surface area contributed by atoms with Crippen LogP contribution >= 0.6 is 0 Å². The Balaban J connectivity index is 3.48. The lowest BCUT2D eigenvalue weighted by Gasteiger charge is -2.02. The molecule has 1 unspecified atom stereocenters. The lowest BCUT2D eigenvalue weighted by molar-refractivity contribution is 0.208. The summed E-state index contributed by atoms with van der Waals surface area (Å²) in [6, 6.07) is 0. The van der Waals surface area contributed by atoms with E-state index in [2.05, 4.69) is 18.8 Å². The van der Waals surface area contributed by atoms with Crippen molar-refractivity contribution in [2.45, 2.75) is 38.7 Å². The summed E-state index contributed by atoms with van der Waals surface area (Å²) in [7, 11) is 0. The van der Waals surface area contributed by atoms with Gasteiger partial charge in [0.2, 0.25) is 0 Å². The number of aliphatic hydroxyl groups excluding tert-OH is 2. The second kappa shape index (κ2) is 9.31. The minimum Gasteiger partial charge on any atom is -0.389 e. The van der Waals surface area contributed by atoms with Crippen molar-refractivity contribution in [2.24, 2.45) is 0 Å². The molecule has 0 aromatic carbocycles. The summed E-state index contributed by atoms with van der Waals surface area (Å²) in [6.07, 6.45) is 7.04. The van der Waals surface area contributed by atoms with Crippen LogP contribution in [0.5, 0.6) is 0 Å². The fraction of sp³-hybridized carbons (Fsp3) is 0.636. The largest absolute Gasteiger partial charge is 0.389 e. The Kier molecular flexibility index (Phi) is 8.75. The molecule has 1 atom stereocenters. The molecule has 0 bridgehead atoms. The van der Waals surface area contributed by atoms with Gasteiger partial charge in [0.1, 0.15) is 6.61 Å². The Hall–Kier alpha value is -0.780. The van der Waals surface area contributed by atoms with Gasteiger partial charge in [-0.25, -0.2) is 0 Å². The molecule has 2 N–H and O–H groups in total. The first-order valence-corrected chi connectivity index (χ1v) is 4.75. The standard InChI is InChI=1S/C11H18O2/c1-2-3-5-8-11(13)9-6-4-7-10-12/h6,9,11-13H,2-3,5,8,10H2,1H3/b9-6+. The molecular weight excluding hydrogens is 164 g/mol. The van der Waals surface area contributed by atoms with Crippen LogP contribution in [0.25, 0.3) is 0 Å². The van der Waals surface area contributed by atoms with Gasteiger partial charge >= 0.3 is 0 Å². The van der Waals surface area contributed by atoms with Crippen LogP contribution in [0.1, 0.15) is 32.6 Å². The van der Waals surface area contributed by atoms with Gasteiger partial charge in [-0.05, 0) is 18.6 Å². The van der Waals surface area contributed by atoms with E-state index in [9.17, 15) is 5.11 Å².